The second-order valence-corrected chi connectivity index (χ2v) is 6.59. The van der Waals surface area contributed by atoms with Gasteiger partial charge in [-0.25, -0.2) is 0 Å². The first-order chi connectivity index (χ1) is 9.11. The van der Waals surface area contributed by atoms with Crippen molar-refractivity contribution in [3.63, 3.8) is 0 Å². The van der Waals surface area contributed by atoms with Crippen LogP contribution in [-0.2, 0) is 0 Å². The molecule has 1 atom stereocenters. The fraction of sp³-hybridized carbons (Fsp3) is 0.500. The summed E-state index contributed by atoms with van der Waals surface area (Å²) in [6.07, 6.45) is 2.26. The lowest BCUT2D eigenvalue weighted by atomic mass is 9.97. The van der Waals surface area contributed by atoms with Crippen LogP contribution >= 0.6 is 46.6 Å². The Morgan fingerprint density at radius 1 is 1.55 bits per heavy atom. The second kappa shape index (κ2) is 8.41. The zero-order valence-electron chi connectivity index (χ0n) is 11.4. The first-order valence-electron chi connectivity index (χ1n) is 6.50. The van der Waals surface area contributed by atoms with Gasteiger partial charge in [0.2, 0.25) is 0 Å². The van der Waals surface area contributed by atoms with Gasteiger partial charge < -0.3 is 10.2 Å². The highest BCUT2D eigenvalue weighted by Gasteiger charge is 2.25. The number of halogens is 3. The SMILES string of the molecule is CNCC1CCCN(C(=O)c2ccc(I)cc2Cl)C1.Cl. The van der Waals surface area contributed by atoms with Gasteiger partial charge in [0.25, 0.3) is 5.91 Å². The van der Waals surface area contributed by atoms with E-state index >= 15 is 0 Å². The molecule has 1 fully saturated rings. The molecule has 1 heterocycles. The number of amides is 1. The summed E-state index contributed by atoms with van der Waals surface area (Å²) in [6, 6.07) is 5.59. The summed E-state index contributed by atoms with van der Waals surface area (Å²) in [4.78, 5) is 14.4. The highest BCUT2D eigenvalue weighted by molar-refractivity contribution is 14.1. The minimum Gasteiger partial charge on any atom is -0.338 e. The van der Waals surface area contributed by atoms with Crippen molar-refractivity contribution in [2.24, 2.45) is 5.92 Å². The molecule has 1 aliphatic heterocycles. The quantitative estimate of drug-likeness (QED) is 0.748. The van der Waals surface area contributed by atoms with Crippen LogP contribution in [0.25, 0.3) is 0 Å². The highest BCUT2D eigenvalue weighted by Crippen LogP contribution is 2.23. The zero-order chi connectivity index (χ0) is 13.8. The van der Waals surface area contributed by atoms with E-state index in [1.165, 1.54) is 6.42 Å². The standard InChI is InChI=1S/C14H18ClIN2O.ClH/c1-17-8-10-3-2-6-18(9-10)14(19)12-5-4-11(16)7-13(12)15;/h4-5,7,10,17H,2-3,6,8-9H2,1H3;1H. The molecule has 1 N–H and O–H groups in total. The Labute approximate surface area is 145 Å². The lowest BCUT2D eigenvalue weighted by Crippen LogP contribution is -2.42. The van der Waals surface area contributed by atoms with E-state index in [1.807, 2.05) is 30.1 Å². The summed E-state index contributed by atoms with van der Waals surface area (Å²) in [6.45, 7) is 2.62. The summed E-state index contributed by atoms with van der Waals surface area (Å²) < 4.78 is 1.05. The van der Waals surface area contributed by atoms with Crippen LogP contribution in [0.3, 0.4) is 0 Å². The highest BCUT2D eigenvalue weighted by atomic mass is 127. The Bertz CT molecular complexity index is 468. The molecule has 1 saturated heterocycles. The van der Waals surface area contributed by atoms with Crippen LogP contribution in [0.2, 0.25) is 5.02 Å². The van der Waals surface area contributed by atoms with E-state index in [-0.39, 0.29) is 18.3 Å². The molecule has 0 saturated carbocycles. The number of nitrogens with one attached hydrogen (secondary N) is 1. The Kier molecular flexibility index (Phi) is 7.58. The van der Waals surface area contributed by atoms with Gasteiger partial charge in [0, 0.05) is 16.7 Å². The number of carbonyl (C=O) groups is 1. The minimum atomic E-state index is 0. The van der Waals surface area contributed by atoms with Crippen molar-refractivity contribution in [2.45, 2.75) is 12.8 Å². The van der Waals surface area contributed by atoms with Crippen molar-refractivity contribution < 1.29 is 4.79 Å². The predicted octanol–water partition coefficient (Wildman–Crippen LogP) is 3.44. The Morgan fingerprint density at radius 2 is 2.30 bits per heavy atom. The van der Waals surface area contributed by atoms with Crippen LogP contribution in [0.4, 0.5) is 0 Å². The largest absolute Gasteiger partial charge is 0.338 e. The smallest absolute Gasteiger partial charge is 0.255 e. The van der Waals surface area contributed by atoms with Gasteiger partial charge in [0.05, 0.1) is 10.6 Å². The molecule has 20 heavy (non-hydrogen) atoms. The Hall–Kier alpha value is -0.0400. The molecular weight excluding hydrogens is 410 g/mol. The normalized spacial score (nSPS) is 18.6. The Morgan fingerprint density at radius 3 is 2.95 bits per heavy atom. The number of likely N-dealkylation sites (tertiary alicyclic amines) is 1. The molecule has 1 aromatic carbocycles. The van der Waals surface area contributed by atoms with Crippen LogP contribution in [0.5, 0.6) is 0 Å². The Balaban J connectivity index is 0.00000200. The molecular formula is C14H19Cl2IN2O. The molecule has 1 aliphatic rings. The minimum absolute atomic E-state index is 0. The molecule has 2 rings (SSSR count). The molecule has 0 aliphatic carbocycles. The van der Waals surface area contributed by atoms with Crippen molar-refractivity contribution in [1.82, 2.24) is 10.2 Å². The maximum absolute atomic E-state index is 12.5. The molecule has 0 radical (unpaired) electrons. The molecule has 0 spiro atoms. The summed E-state index contributed by atoms with van der Waals surface area (Å²) in [5.41, 5.74) is 0.618. The lowest BCUT2D eigenvalue weighted by Gasteiger charge is -2.33. The fourth-order valence-electron chi connectivity index (χ4n) is 2.54. The third kappa shape index (κ3) is 4.48. The maximum Gasteiger partial charge on any atom is 0.255 e. The van der Waals surface area contributed by atoms with E-state index in [9.17, 15) is 4.79 Å². The lowest BCUT2D eigenvalue weighted by molar-refractivity contribution is 0.0674. The summed E-state index contributed by atoms with van der Waals surface area (Å²) in [5.74, 6) is 0.604. The van der Waals surface area contributed by atoms with E-state index in [1.54, 1.807) is 0 Å². The zero-order valence-corrected chi connectivity index (χ0v) is 15.1. The van der Waals surface area contributed by atoms with E-state index < -0.39 is 0 Å². The molecule has 0 bridgehead atoms. The average molecular weight is 429 g/mol. The van der Waals surface area contributed by atoms with Gasteiger partial charge in [0.1, 0.15) is 0 Å². The van der Waals surface area contributed by atoms with Crippen molar-refractivity contribution >= 4 is 52.5 Å². The second-order valence-electron chi connectivity index (χ2n) is 4.94. The van der Waals surface area contributed by atoms with Crippen LogP contribution in [0.1, 0.15) is 23.2 Å². The maximum atomic E-state index is 12.5. The van der Waals surface area contributed by atoms with Crippen molar-refractivity contribution in [2.75, 3.05) is 26.7 Å². The summed E-state index contributed by atoms with van der Waals surface area (Å²) in [5, 5.41) is 3.74. The number of hydrogen-bond donors (Lipinski definition) is 1. The third-order valence-electron chi connectivity index (χ3n) is 3.46. The van der Waals surface area contributed by atoms with Gasteiger partial charge in [0.15, 0.2) is 0 Å². The van der Waals surface area contributed by atoms with E-state index in [0.29, 0.717) is 16.5 Å². The molecule has 112 valence electrons. The molecule has 0 aromatic heterocycles. The molecule has 6 heteroatoms. The van der Waals surface area contributed by atoms with E-state index in [4.69, 9.17) is 11.6 Å². The monoisotopic (exact) mass is 428 g/mol. The number of hydrogen-bond acceptors (Lipinski definition) is 2. The molecule has 3 nitrogen and oxygen atoms in total. The third-order valence-corrected chi connectivity index (χ3v) is 4.44. The van der Waals surface area contributed by atoms with Crippen LogP contribution in [-0.4, -0.2) is 37.5 Å². The summed E-state index contributed by atoms with van der Waals surface area (Å²) >= 11 is 8.37. The first-order valence-corrected chi connectivity index (χ1v) is 7.96. The molecule has 1 aromatic rings. The fourth-order valence-corrected chi connectivity index (χ4v) is 3.47. The van der Waals surface area contributed by atoms with E-state index in [2.05, 4.69) is 27.9 Å². The van der Waals surface area contributed by atoms with Gasteiger partial charge in [-0.3, -0.25) is 4.79 Å². The number of piperidine rings is 1. The van der Waals surface area contributed by atoms with Crippen LogP contribution in [0.15, 0.2) is 18.2 Å². The van der Waals surface area contributed by atoms with E-state index in [0.717, 1.165) is 29.6 Å². The number of carbonyl (C=O) groups excluding carboxylic acids is 1. The molecule has 1 unspecified atom stereocenters. The first kappa shape index (κ1) is 18.0. The number of nitrogens with zero attached hydrogens (tertiary/aromatic N) is 1. The number of benzene rings is 1. The van der Waals surface area contributed by atoms with Crippen LogP contribution in [0, 0.1) is 9.49 Å². The van der Waals surface area contributed by atoms with Gasteiger partial charge in [-0.2, -0.15) is 0 Å². The predicted molar refractivity (Wildman–Crippen MR) is 94.0 cm³/mol. The topological polar surface area (TPSA) is 32.3 Å². The summed E-state index contributed by atoms with van der Waals surface area (Å²) in [7, 11) is 1.96. The van der Waals surface area contributed by atoms with Crippen molar-refractivity contribution in [3.05, 3.63) is 32.4 Å². The van der Waals surface area contributed by atoms with Crippen molar-refractivity contribution in [1.29, 1.82) is 0 Å². The van der Waals surface area contributed by atoms with Gasteiger partial charge in [-0.1, -0.05) is 11.6 Å². The van der Waals surface area contributed by atoms with Crippen LogP contribution < -0.4 is 5.32 Å². The van der Waals surface area contributed by atoms with Gasteiger partial charge in [-0.15, -0.1) is 12.4 Å². The van der Waals surface area contributed by atoms with Gasteiger partial charge >= 0.3 is 0 Å². The van der Waals surface area contributed by atoms with Gasteiger partial charge in [-0.05, 0) is 73.1 Å². The number of rotatable bonds is 3. The van der Waals surface area contributed by atoms with Crippen molar-refractivity contribution in [3.8, 4) is 0 Å². The average Bonchev–Trinajstić information content (AvgIpc) is 2.39. The molecule has 1 amide bonds.